The van der Waals surface area contributed by atoms with E-state index in [1.165, 1.54) is 0 Å². The van der Waals surface area contributed by atoms with Gasteiger partial charge in [0.2, 0.25) is 5.79 Å². The third-order valence-corrected chi connectivity index (χ3v) is 5.36. The molecule has 2 heterocycles. The maximum atomic E-state index is 12.4. The summed E-state index contributed by atoms with van der Waals surface area (Å²) in [5, 5.41) is 0. The molecule has 1 unspecified atom stereocenters. The molecule has 3 rings (SSSR count). The molecule has 21 heavy (non-hydrogen) atoms. The Balaban J connectivity index is 1.91. The molecule has 0 amide bonds. The van der Waals surface area contributed by atoms with Gasteiger partial charge >= 0.3 is 0 Å². The van der Waals surface area contributed by atoms with Crippen molar-refractivity contribution in [1.29, 1.82) is 0 Å². The molecule has 0 aromatic carbocycles. The predicted molar refractivity (Wildman–Crippen MR) is 75.6 cm³/mol. The summed E-state index contributed by atoms with van der Waals surface area (Å²) in [5.41, 5.74) is -0.979. The number of carbonyl (C=O) groups is 1. The first-order valence-corrected chi connectivity index (χ1v) is 7.52. The molecule has 0 aromatic rings. The fourth-order valence-electron chi connectivity index (χ4n) is 3.78. The van der Waals surface area contributed by atoms with Crippen LogP contribution in [0.15, 0.2) is 12.7 Å². The molecule has 118 valence electrons. The standard InChI is InChI=1S/C16H24O5/c1-5-6-11-7-15-9-13(14(2,3)18-4)21-16(15,8-12(11)17)20-10-19-15/h5,11,13H,1,6-10H2,2-4H3/t11?,13-,15-,16+/m1/s1. The highest BCUT2D eigenvalue weighted by Crippen LogP contribution is 2.57. The zero-order valence-corrected chi connectivity index (χ0v) is 13.0. The number of hydrogen-bond donors (Lipinski definition) is 0. The molecule has 0 spiro atoms. The number of carbonyl (C=O) groups excluding carboxylic acids is 1. The minimum atomic E-state index is -0.928. The lowest BCUT2D eigenvalue weighted by atomic mass is 9.70. The maximum Gasteiger partial charge on any atom is 0.207 e. The number of hydrogen-bond acceptors (Lipinski definition) is 5. The van der Waals surface area contributed by atoms with E-state index in [-0.39, 0.29) is 31.0 Å². The van der Waals surface area contributed by atoms with Crippen molar-refractivity contribution in [1.82, 2.24) is 0 Å². The number of ketones is 1. The first-order chi connectivity index (χ1) is 9.88. The number of Topliss-reactive ketones (excluding diaryl/α,β-unsaturated/α-hetero) is 1. The summed E-state index contributed by atoms with van der Waals surface area (Å²) in [5.74, 6) is -0.806. The van der Waals surface area contributed by atoms with Gasteiger partial charge in [-0.3, -0.25) is 4.79 Å². The molecule has 2 aliphatic heterocycles. The van der Waals surface area contributed by atoms with Crippen LogP contribution in [0.3, 0.4) is 0 Å². The summed E-state index contributed by atoms with van der Waals surface area (Å²) >= 11 is 0. The van der Waals surface area contributed by atoms with Gasteiger partial charge in [0.1, 0.15) is 11.4 Å². The van der Waals surface area contributed by atoms with E-state index in [9.17, 15) is 4.79 Å². The Labute approximate surface area is 125 Å². The van der Waals surface area contributed by atoms with Gasteiger partial charge in [0, 0.05) is 19.4 Å². The van der Waals surface area contributed by atoms with E-state index < -0.39 is 17.0 Å². The van der Waals surface area contributed by atoms with Gasteiger partial charge in [-0.1, -0.05) is 6.08 Å². The molecule has 0 N–H and O–H groups in total. The minimum absolute atomic E-state index is 0.0506. The van der Waals surface area contributed by atoms with E-state index in [4.69, 9.17) is 18.9 Å². The number of ether oxygens (including phenoxy) is 4. The second-order valence-electron chi connectivity index (χ2n) is 6.84. The zero-order chi connectivity index (χ0) is 15.3. The van der Waals surface area contributed by atoms with Crippen molar-refractivity contribution in [3.8, 4) is 0 Å². The third kappa shape index (κ3) is 2.10. The van der Waals surface area contributed by atoms with Gasteiger partial charge in [0.05, 0.1) is 18.1 Å². The lowest BCUT2D eigenvalue weighted by Gasteiger charge is -2.41. The molecule has 0 aromatic heterocycles. The van der Waals surface area contributed by atoms with E-state index >= 15 is 0 Å². The van der Waals surface area contributed by atoms with Crippen molar-refractivity contribution in [3.63, 3.8) is 0 Å². The molecule has 1 saturated carbocycles. The van der Waals surface area contributed by atoms with Crippen LogP contribution >= 0.6 is 0 Å². The SMILES string of the molecule is C=CCC1C[C@@]23C[C@H](C(C)(C)OC)O[C@]2(CC1=O)OCO3. The molecule has 0 bridgehead atoms. The number of rotatable bonds is 4. The number of allylic oxidation sites excluding steroid dienone is 1. The highest BCUT2D eigenvalue weighted by Gasteiger charge is 2.70. The van der Waals surface area contributed by atoms with E-state index in [2.05, 4.69) is 6.58 Å². The molecule has 5 nitrogen and oxygen atoms in total. The van der Waals surface area contributed by atoms with Crippen LogP contribution in [-0.2, 0) is 23.7 Å². The Bertz CT molecular complexity index is 460. The van der Waals surface area contributed by atoms with Gasteiger partial charge < -0.3 is 18.9 Å². The van der Waals surface area contributed by atoms with E-state index in [0.717, 1.165) is 0 Å². The van der Waals surface area contributed by atoms with Crippen molar-refractivity contribution in [2.75, 3.05) is 13.9 Å². The molecule has 2 saturated heterocycles. The van der Waals surface area contributed by atoms with Crippen LogP contribution in [0.4, 0.5) is 0 Å². The smallest absolute Gasteiger partial charge is 0.207 e. The Morgan fingerprint density at radius 3 is 2.86 bits per heavy atom. The van der Waals surface area contributed by atoms with Crippen molar-refractivity contribution < 1.29 is 23.7 Å². The average molecular weight is 296 g/mol. The first-order valence-electron chi connectivity index (χ1n) is 7.52. The van der Waals surface area contributed by atoms with Gasteiger partial charge in [-0.05, 0) is 26.7 Å². The Hall–Kier alpha value is -0.750. The predicted octanol–water partition coefficient (Wildman–Crippen LogP) is 2.19. The van der Waals surface area contributed by atoms with Gasteiger partial charge in [0.25, 0.3) is 0 Å². The van der Waals surface area contributed by atoms with Gasteiger partial charge in [-0.2, -0.15) is 0 Å². The Morgan fingerprint density at radius 1 is 1.43 bits per heavy atom. The van der Waals surface area contributed by atoms with Crippen molar-refractivity contribution in [3.05, 3.63) is 12.7 Å². The molecule has 4 atom stereocenters. The topological polar surface area (TPSA) is 54.0 Å². The molecular formula is C16H24O5. The van der Waals surface area contributed by atoms with Crippen molar-refractivity contribution in [2.24, 2.45) is 5.92 Å². The fraction of sp³-hybridized carbons (Fsp3) is 0.812. The van der Waals surface area contributed by atoms with Crippen LogP contribution < -0.4 is 0 Å². The average Bonchev–Trinajstić information content (AvgIpc) is 2.91. The second-order valence-corrected chi connectivity index (χ2v) is 6.84. The lowest BCUT2D eigenvalue weighted by molar-refractivity contribution is -0.250. The molecule has 5 heteroatoms. The van der Waals surface area contributed by atoms with Crippen LogP contribution in [0, 0.1) is 5.92 Å². The molecule has 1 aliphatic carbocycles. The molecule has 3 fully saturated rings. The molecular weight excluding hydrogens is 272 g/mol. The summed E-state index contributed by atoms with van der Waals surface area (Å²) in [6.07, 6.45) is 3.90. The van der Waals surface area contributed by atoms with Gasteiger partial charge in [-0.25, -0.2) is 0 Å². The maximum absolute atomic E-state index is 12.4. The van der Waals surface area contributed by atoms with E-state index in [1.807, 2.05) is 13.8 Å². The summed E-state index contributed by atoms with van der Waals surface area (Å²) in [4.78, 5) is 12.4. The molecule has 3 aliphatic rings. The fourth-order valence-corrected chi connectivity index (χ4v) is 3.78. The quantitative estimate of drug-likeness (QED) is 0.744. The van der Waals surface area contributed by atoms with Gasteiger partial charge in [0.15, 0.2) is 6.79 Å². The molecule has 0 radical (unpaired) electrons. The monoisotopic (exact) mass is 296 g/mol. The highest BCUT2D eigenvalue weighted by molar-refractivity contribution is 5.83. The van der Waals surface area contributed by atoms with Crippen LogP contribution in [0.25, 0.3) is 0 Å². The largest absolute Gasteiger partial charge is 0.376 e. The zero-order valence-electron chi connectivity index (χ0n) is 13.0. The van der Waals surface area contributed by atoms with Gasteiger partial charge in [-0.15, -0.1) is 6.58 Å². The summed E-state index contributed by atoms with van der Waals surface area (Å²) in [6.45, 7) is 7.91. The summed E-state index contributed by atoms with van der Waals surface area (Å²) < 4.78 is 23.5. The van der Waals surface area contributed by atoms with E-state index in [1.54, 1.807) is 13.2 Å². The van der Waals surface area contributed by atoms with Crippen LogP contribution in [0.5, 0.6) is 0 Å². The number of methoxy groups -OCH3 is 1. The van der Waals surface area contributed by atoms with Crippen molar-refractivity contribution >= 4 is 5.78 Å². The summed E-state index contributed by atoms with van der Waals surface area (Å²) in [7, 11) is 1.67. The normalized spacial score (nSPS) is 42.7. The third-order valence-electron chi connectivity index (χ3n) is 5.36. The Kier molecular flexibility index (Phi) is 3.52. The minimum Gasteiger partial charge on any atom is -0.376 e. The Morgan fingerprint density at radius 2 is 2.19 bits per heavy atom. The van der Waals surface area contributed by atoms with Crippen LogP contribution in [0.1, 0.15) is 39.5 Å². The lowest BCUT2D eigenvalue weighted by Crippen LogP contribution is -2.55. The van der Waals surface area contributed by atoms with Crippen LogP contribution in [0.2, 0.25) is 0 Å². The van der Waals surface area contributed by atoms with E-state index in [0.29, 0.717) is 19.3 Å². The highest BCUT2D eigenvalue weighted by atomic mass is 16.8. The van der Waals surface area contributed by atoms with Crippen molar-refractivity contribution in [2.45, 2.75) is 62.6 Å². The summed E-state index contributed by atoms with van der Waals surface area (Å²) in [6, 6.07) is 0. The second kappa shape index (κ2) is 4.88. The van der Waals surface area contributed by atoms with Crippen LogP contribution in [-0.4, -0.2) is 42.8 Å². The first kappa shape index (κ1) is 15.2.